The third-order valence-corrected chi connectivity index (χ3v) is 5.60. The second kappa shape index (κ2) is 6.61. The summed E-state index contributed by atoms with van der Waals surface area (Å²) in [5.74, 6) is 0.453. The second-order valence-electron chi connectivity index (χ2n) is 7.26. The van der Waals surface area contributed by atoms with Crippen LogP contribution in [0.15, 0.2) is 12.4 Å². The van der Waals surface area contributed by atoms with Crippen molar-refractivity contribution < 1.29 is 9.90 Å². The maximum Gasteiger partial charge on any atom is 0.320 e. The maximum absolute atomic E-state index is 11.6. The van der Waals surface area contributed by atoms with E-state index in [0.29, 0.717) is 0 Å². The van der Waals surface area contributed by atoms with Crippen molar-refractivity contribution in [3.05, 3.63) is 18.2 Å². The molecule has 3 rings (SSSR count). The first-order valence-electron chi connectivity index (χ1n) is 8.68. The first-order valence-corrected chi connectivity index (χ1v) is 8.68. The predicted octanol–water partition coefficient (Wildman–Crippen LogP) is 1.57. The largest absolute Gasteiger partial charge is 0.480 e. The highest BCUT2D eigenvalue weighted by Crippen LogP contribution is 2.43. The molecule has 128 valence electrons. The zero-order valence-electron chi connectivity index (χ0n) is 14.2. The highest BCUT2D eigenvalue weighted by atomic mass is 16.4. The van der Waals surface area contributed by atoms with Gasteiger partial charge in [0, 0.05) is 26.0 Å². The molecule has 1 spiro atoms. The van der Waals surface area contributed by atoms with Crippen molar-refractivity contribution in [3.63, 3.8) is 0 Å². The number of aliphatic carboxylic acids is 1. The quantitative estimate of drug-likeness (QED) is 0.892. The molecule has 0 saturated carbocycles. The molecule has 1 N–H and O–H groups in total. The second-order valence-corrected chi connectivity index (χ2v) is 7.26. The predicted molar refractivity (Wildman–Crippen MR) is 88.1 cm³/mol. The van der Waals surface area contributed by atoms with Gasteiger partial charge in [0.15, 0.2) is 0 Å². The van der Waals surface area contributed by atoms with Crippen molar-refractivity contribution in [1.29, 1.82) is 0 Å². The minimum Gasteiger partial charge on any atom is -0.480 e. The summed E-state index contributed by atoms with van der Waals surface area (Å²) >= 11 is 0. The smallest absolute Gasteiger partial charge is 0.320 e. The molecule has 6 nitrogen and oxygen atoms in total. The van der Waals surface area contributed by atoms with E-state index >= 15 is 0 Å². The number of carbonyl (C=O) groups is 1. The van der Waals surface area contributed by atoms with Crippen LogP contribution < -0.4 is 0 Å². The van der Waals surface area contributed by atoms with E-state index in [-0.39, 0.29) is 11.5 Å². The van der Waals surface area contributed by atoms with Gasteiger partial charge in [-0.05, 0) is 50.7 Å². The lowest BCUT2D eigenvalue weighted by atomic mass is 9.76. The van der Waals surface area contributed by atoms with E-state index in [4.69, 9.17) is 0 Å². The number of nitrogens with zero attached hydrogens (tertiary/aromatic N) is 4. The van der Waals surface area contributed by atoms with E-state index in [0.717, 1.165) is 64.2 Å². The number of carboxylic acid groups (broad SMARTS) is 1. The zero-order chi connectivity index (χ0) is 16.4. The average molecular weight is 320 g/mol. The molecular formula is C17H28N4O2. The number of rotatable bonds is 5. The van der Waals surface area contributed by atoms with Crippen LogP contribution >= 0.6 is 0 Å². The Kier molecular flexibility index (Phi) is 4.73. The molecule has 3 heterocycles. The van der Waals surface area contributed by atoms with E-state index in [9.17, 15) is 9.90 Å². The van der Waals surface area contributed by atoms with Crippen molar-refractivity contribution in [2.45, 2.75) is 45.2 Å². The molecule has 1 atom stereocenters. The minimum atomic E-state index is -0.647. The van der Waals surface area contributed by atoms with Gasteiger partial charge < -0.3 is 9.67 Å². The summed E-state index contributed by atoms with van der Waals surface area (Å²) in [5.41, 5.74) is 0.205. The van der Waals surface area contributed by atoms with Crippen molar-refractivity contribution in [2.24, 2.45) is 12.5 Å². The molecule has 6 heteroatoms. The summed E-state index contributed by atoms with van der Waals surface area (Å²) in [6, 6.07) is -0.281. The van der Waals surface area contributed by atoms with Crippen LogP contribution in [0.5, 0.6) is 0 Å². The lowest BCUT2D eigenvalue weighted by Crippen LogP contribution is -2.41. The number of hydrogen-bond donors (Lipinski definition) is 1. The number of carboxylic acids is 1. The molecule has 0 aromatic carbocycles. The molecule has 0 radical (unpaired) electrons. The Labute approximate surface area is 138 Å². The number of aromatic nitrogens is 2. The van der Waals surface area contributed by atoms with E-state index < -0.39 is 5.97 Å². The Balaban J connectivity index is 1.59. The van der Waals surface area contributed by atoms with Crippen LogP contribution in [0.4, 0.5) is 0 Å². The summed E-state index contributed by atoms with van der Waals surface area (Å²) in [5, 5.41) is 9.51. The Hall–Kier alpha value is -1.40. The minimum absolute atomic E-state index is 0.205. The summed E-state index contributed by atoms with van der Waals surface area (Å²) in [4.78, 5) is 20.6. The van der Waals surface area contributed by atoms with Crippen LogP contribution in [0.25, 0.3) is 0 Å². The fraction of sp³-hybridized carbons (Fsp3) is 0.765. The van der Waals surface area contributed by atoms with Gasteiger partial charge >= 0.3 is 5.97 Å². The van der Waals surface area contributed by atoms with E-state index in [1.54, 1.807) is 0 Å². The van der Waals surface area contributed by atoms with Crippen molar-refractivity contribution in [3.8, 4) is 0 Å². The lowest BCUT2D eigenvalue weighted by molar-refractivity contribution is -0.142. The zero-order valence-corrected chi connectivity index (χ0v) is 14.2. The molecule has 23 heavy (non-hydrogen) atoms. The monoisotopic (exact) mass is 320 g/mol. The van der Waals surface area contributed by atoms with Gasteiger partial charge in [-0.1, -0.05) is 6.92 Å². The normalized spacial score (nSPS) is 25.2. The topological polar surface area (TPSA) is 61.6 Å². The number of piperidine rings is 1. The molecule has 0 aliphatic carbocycles. The number of hydrogen-bond acceptors (Lipinski definition) is 4. The molecule has 2 aliphatic heterocycles. The van der Waals surface area contributed by atoms with Gasteiger partial charge in [0.1, 0.15) is 11.9 Å². The molecule has 2 saturated heterocycles. The summed E-state index contributed by atoms with van der Waals surface area (Å²) in [6.45, 7) is 6.95. The third-order valence-electron chi connectivity index (χ3n) is 5.60. The molecule has 1 unspecified atom stereocenters. The summed E-state index contributed by atoms with van der Waals surface area (Å²) < 4.78 is 2.07. The van der Waals surface area contributed by atoms with Gasteiger partial charge in [-0.15, -0.1) is 0 Å². The van der Waals surface area contributed by atoms with E-state index in [1.807, 2.05) is 19.4 Å². The van der Waals surface area contributed by atoms with Gasteiger partial charge in [-0.2, -0.15) is 0 Å². The standard InChI is InChI=1S/C17H28N4O2/c1-3-7-21-13-17(11-14(21)16(22)23)4-8-20(9-5-17)12-15-18-6-10-19(15)2/h6,10,14H,3-5,7-9,11-13H2,1-2H3,(H,22,23). The lowest BCUT2D eigenvalue weighted by Gasteiger charge is -2.39. The van der Waals surface area contributed by atoms with E-state index in [2.05, 4.69) is 26.3 Å². The third kappa shape index (κ3) is 3.43. The first kappa shape index (κ1) is 16.5. The number of aryl methyl sites for hydroxylation is 1. The number of likely N-dealkylation sites (tertiary alicyclic amines) is 2. The van der Waals surface area contributed by atoms with Gasteiger partial charge in [-0.3, -0.25) is 14.6 Å². The van der Waals surface area contributed by atoms with Crippen molar-refractivity contribution in [1.82, 2.24) is 19.4 Å². The first-order chi connectivity index (χ1) is 11.0. The molecule has 2 fully saturated rings. The van der Waals surface area contributed by atoms with Crippen LogP contribution in [0.3, 0.4) is 0 Å². The highest BCUT2D eigenvalue weighted by molar-refractivity contribution is 5.74. The SMILES string of the molecule is CCCN1CC2(CCN(Cc3nccn3C)CC2)CC1C(=O)O. The Morgan fingerprint density at radius 1 is 1.43 bits per heavy atom. The fourth-order valence-electron chi connectivity index (χ4n) is 4.21. The molecule has 1 aromatic heterocycles. The maximum atomic E-state index is 11.6. The van der Waals surface area contributed by atoms with Crippen LogP contribution in [-0.2, 0) is 18.4 Å². The average Bonchev–Trinajstić information content (AvgIpc) is 3.07. The molecule has 0 amide bonds. The molecule has 2 aliphatic rings. The molecule has 1 aromatic rings. The van der Waals surface area contributed by atoms with Crippen molar-refractivity contribution in [2.75, 3.05) is 26.2 Å². The molecule has 0 bridgehead atoms. The fourth-order valence-corrected chi connectivity index (χ4v) is 4.21. The number of imidazole rings is 1. The van der Waals surface area contributed by atoms with Crippen LogP contribution in [0, 0.1) is 5.41 Å². The summed E-state index contributed by atoms with van der Waals surface area (Å²) in [6.07, 6.45) is 7.86. The van der Waals surface area contributed by atoms with Crippen LogP contribution in [0.1, 0.15) is 38.4 Å². The highest BCUT2D eigenvalue weighted by Gasteiger charge is 2.47. The van der Waals surface area contributed by atoms with Crippen LogP contribution in [0.2, 0.25) is 0 Å². The van der Waals surface area contributed by atoms with Gasteiger partial charge in [0.05, 0.1) is 6.54 Å². The summed E-state index contributed by atoms with van der Waals surface area (Å²) in [7, 11) is 2.03. The van der Waals surface area contributed by atoms with E-state index in [1.165, 1.54) is 0 Å². The van der Waals surface area contributed by atoms with Gasteiger partial charge in [0.2, 0.25) is 0 Å². The Morgan fingerprint density at radius 3 is 2.74 bits per heavy atom. The molecular weight excluding hydrogens is 292 g/mol. The Bertz CT molecular complexity index is 549. The van der Waals surface area contributed by atoms with Crippen LogP contribution in [-0.4, -0.2) is 62.6 Å². The van der Waals surface area contributed by atoms with Gasteiger partial charge in [0.25, 0.3) is 0 Å². The van der Waals surface area contributed by atoms with Gasteiger partial charge in [-0.25, -0.2) is 4.98 Å². The van der Waals surface area contributed by atoms with Crippen molar-refractivity contribution >= 4 is 5.97 Å². The Morgan fingerprint density at radius 2 is 2.17 bits per heavy atom.